The summed E-state index contributed by atoms with van der Waals surface area (Å²) < 4.78 is 0. The highest BCUT2D eigenvalue weighted by atomic mass is 32.3. The molecule has 0 unspecified atom stereocenters. The lowest BCUT2D eigenvalue weighted by Gasteiger charge is -2.57. The zero-order valence-electron chi connectivity index (χ0n) is 20.2. The summed E-state index contributed by atoms with van der Waals surface area (Å²) in [7, 11) is -1.60. The first-order valence-corrected chi connectivity index (χ1v) is 14.8. The highest BCUT2D eigenvalue weighted by Crippen LogP contribution is 2.73. The van der Waals surface area contributed by atoms with Crippen molar-refractivity contribution < 1.29 is 0 Å². The maximum atomic E-state index is 2.81. The molecule has 2 heterocycles. The number of piperidine rings is 2. The lowest BCUT2D eigenvalue weighted by atomic mass is 9.63. The molecule has 4 aliphatic rings. The number of hydrogen-bond acceptors (Lipinski definition) is 1. The Morgan fingerprint density at radius 2 is 0.800 bits per heavy atom. The molecule has 176 valence electrons. The molecule has 4 aromatic carbocycles. The second kappa shape index (κ2) is 8.60. The first-order valence-electron chi connectivity index (χ1n) is 13.2. The Hall–Kier alpha value is -2.97. The molecule has 1 nitrogen and oxygen atoms in total. The van der Waals surface area contributed by atoms with Crippen molar-refractivity contribution in [2.24, 2.45) is 11.8 Å². The first kappa shape index (κ1) is 21.3. The van der Waals surface area contributed by atoms with E-state index in [0.717, 1.165) is 23.9 Å². The fourth-order valence-electron chi connectivity index (χ4n) is 7.47. The second-order valence-corrected chi connectivity index (χ2v) is 13.8. The molecule has 0 amide bonds. The molecule has 2 heteroatoms. The summed E-state index contributed by atoms with van der Waals surface area (Å²) in [5, 5.41) is 0. The summed E-state index contributed by atoms with van der Waals surface area (Å²) in [6.45, 7) is 0. The van der Waals surface area contributed by atoms with Gasteiger partial charge in [0.15, 0.2) is 0 Å². The summed E-state index contributed by atoms with van der Waals surface area (Å²) in [6.07, 6.45) is 7.12. The molecule has 2 aliphatic carbocycles. The van der Waals surface area contributed by atoms with E-state index in [1.807, 2.05) is 0 Å². The van der Waals surface area contributed by atoms with Gasteiger partial charge in [-0.05, 0) is 105 Å². The molecule has 2 saturated heterocycles. The van der Waals surface area contributed by atoms with Gasteiger partial charge in [-0.2, -0.15) is 0 Å². The highest BCUT2D eigenvalue weighted by molar-refractivity contribution is 8.34. The van der Waals surface area contributed by atoms with Gasteiger partial charge < -0.3 is 4.90 Å². The van der Waals surface area contributed by atoms with Crippen LogP contribution in [0.2, 0.25) is 0 Å². The summed E-state index contributed by atoms with van der Waals surface area (Å²) in [4.78, 5) is 8.38. The van der Waals surface area contributed by atoms with Gasteiger partial charge >= 0.3 is 0 Å². The van der Waals surface area contributed by atoms with E-state index in [1.54, 1.807) is 0 Å². The number of nitrogens with zero attached hydrogens (tertiary/aromatic N) is 1. The third-order valence-corrected chi connectivity index (χ3v) is 12.6. The van der Waals surface area contributed by atoms with Gasteiger partial charge in [0, 0.05) is 37.4 Å². The number of hydrogen-bond donors (Lipinski definition) is 0. The Morgan fingerprint density at radius 3 is 1.20 bits per heavy atom. The predicted molar refractivity (Wildman–Crippen MR) is 147 cm³/mol. The van der Waals surface area contributed by atoms with Crippen LogP contribution in [0.3, 0.4) is 0 Å². The van der Waals surface area contributed by atoms with Gasteiger partial charge in [0.05, 0.1) is 0 Å². The SMILES string of the molecule is c1ccc(S(c2ccccc2)(c2ccccc2)c2ccc(N3C4CC5CC(C4)CC3C5)cc2)cc1. The van der Waals surface area contributed by atoms with Crippen molar-refractivity contribution in [1.82, 2.24) is 0 Å². The third-order valence-electron chi connectivity index (χ3n) is 8.65. The molecule has 8 rings (SSSR count). The largest absolute Gasteiger partial charge is 0.366 e. The zero-order chi connectivity index (χ0) is 23.2. The smallest absolute Gasteiger partial charge is 0.0371 e. The van der Waals surface area contributed by atoms with Crippen molar-refractivity contribution in [2.45, 2.75) is 63.8 Å². The lowest BCUT2D eigenvalue weighted by molar-refractivity contribution is 0.0900. The highest BCUT2D eigenvalue weighted by Gasteiger charge is 2.47. The number of benzene rings is 4. The van der Waals surface area contributed by atoms with Crippen molar-refractivity contribution in [3.05, 3.63) is 115 Å². The van der Waals surface area contributed by atoms with E-state index in [0.29, 0.717) is 0 Å². The van der Waals surface area contributed by atoms with Gasteiger partial charge in [-0.15, -0.1) is 10.0 Å². The Morgan fingerprint density at radius 1 is 0.429 bits per heavy atom. The van der Waals surface area contributed by atoms with E-state index in [9.17, 15) is 0 Å². The van der Waals surface area contributed by atoms with Crippen LogP contribution in [0.1, 0.15) is 32.1 Å². The minimum absolute atomic E-state index is 0.756. The monoisotopic (exact) mass is 475 g/mol. The lowest BCUT2D eigenvalue weighted by Crippen LogP contribution is -2.58. The van der Waals surface area contributed by atoms with Crippen LogP contribution in [-0.4, -0.2) is 12.1 Å². The molecule has 4 bridgehead atoms. The van der Waals surface area contributed by atoms with Crippen LogP contribution < -0.4 is 4.90 Å². The van der Waals surface area contributed by atoms with Crippen LogP contribution in [0.5, 0.6) is 0 Å². The Bertz CT molecular complexity index is 1160. The van der Waals surface area contributed by atoms with Gasteiger partial charge in [-0.3, -0.25) is 0 Å². The quantitative estimate of drug-likeness (QED) is 0.279. The van der Waals surface area contributed by atoms with Crippen molar-refractivity contribution in [3.8, 4) is 0 Å². The molecular formula is C33H33NS. The van der Waals surface area contributed by atoms with Crippen LogP contribution in [0.4, 0.5) is 5.69 Å². The summed E-state index contributed by atoms with van der Waals surface area (Å²) in [5.41, 5.74) is 1.44. The maximum Gasteiger partial charge on any atom is 0.0371 e. The summed E-state index contributed by atoms with van der Waals surface area (Å²) in [5.74, 6) is 1.97. The average molecular weight is 476 g/mol. The standard InChI is InChI=1S/C33H33NS/c1-4-10-30(11-5-1)35(31-12-6-2-7-13-31,32-14-8-3-9-15-32)33-18-16-27(17-19-33)34-28-21-25-20-26(23-28)24-29(34)22-25/h1-19,25-26,28-29H,20-24H2. The van der Waals surface area contributed by atoms with Crippen LogP contribution in [-0.2, 0) is 0 Å². The topological polar surface area (TPSA) is 3.24 Å². The van der Waals surface area contributed by atoms with E-state index >= 15 is 0 Å². The van der Waals surface area contributed by atoms with Gasteiger partial charge in [0.1, 0.15) is 0 Å². The molecule has 0 N–H and O–H groups in total. The fourth-order valence-corrected chi connectivity index (χ4v) is 11.3. The van der Waals surface area contributed by atoms with Crippen molar-refractivity contribution in [1.29, 1.82) is 0 Å². The molecule has 2 saturated carbocycles. The number of anilines is 1. The van der Waals surface area contributed by atoms with Crippen molar-refractivity contribution in [3.63, 3.8) is 0 Å². The fraction of sp³-hybridized carbons (Fsp3) is 0.273. The molecule has 0 radical (unpaired) electrons. The van der Waals surface area contributed by atoms with Crippen LogP contribution in [0.25, 0.3) is 0 Å². The predicted octanol–water partition coefficient (Wildman–Crippen LogP) is 8.79. The third kappa shape index (κ3) is 3.45. The van der Waals surface area contributed by atoms with Crippen molar-refractivity contribution in [2.75, 3.05) is 4.90 Å². The minimum Gasteiger partial charge on any atom is -0.366 e. The van der Waals surface area contributed by atoms with Crippen LogP contribution in [0, 0.1) is 11.8 Å². The van der Waals surface area contributed by atoms with Crippen LogP contribution >= 0.6 is 10.0 Å². The zero-order valence-corrected chi connectivity index (χ0v) is 21.0. The molecule has 0 atom stereocenters. The van der Waals surface area contributed by atoms with Gasteiger partial charge in [-0.1, -0.05) is 54.6 Å². The van der Waals surface area contributed by atoms with E-state index in [2.05, 4.69) is 120 Å². The van der Waals surface area contributed by atoms with Gasteiger partial charge in [-0.25, -0.2) is 0 Å². The van der Waals surface area contributed by atoms with E-state index < -0.39 is 10.0 Å². The molecule has 35 heavy (non-hydrogen) atoms. The second-order valence-electron chi connectivity index (χ2n) is 10.7. The van der Waals surface area contributed by atoms with Gasteiger partial charge in [0.25, 0.3) is 0 Å². The molecule has 4 fully saturated rings. The van der Waals surface area contributed by atoms with Crippen LogP contribution in [0.15, 0.2) is 135 Å². The Kier molecular flexibility index (Phi) is 5.24. The summed E-state index contributed by atoms with van der Waals surface area (Å²) >= 11 is 0. The first-order chi connectivity index (χ1) is 17.3. The Labute approximate surface area is 211 Å². The van der Waals surface area contributed by atoms with Gasteiger partial charge in [0.2, 0.25) is 0 Å². The normalized spacial score (nSPS) is 25.5. The molecule has 2 aliphatic heterocycles. The van der Waals surface area contributed by atoms with E-state index in [-0.39, 0.29) is 0 Å². The molecule has 4 aromatic rings. The number of rotatable bonds is 5. The summed E-state index contributed by atoms with van der Waals surface area (Å²) in [6, 6.07) is 44.8. The molecular weight excluding hydrogens is 442 g/mol. The average Bonchev–Trinajstić information content (AvgIpc) is 2.91. The van der Waals surface area contributed by atoms with Crippen molar-refractivity contribution >= 4 is 15.7 Å². The maximum absolute atomic E-state index is 2.81. The van der Waals surface area contributed by atoms with E-state index in [4.69, 9.17) is 0 Å². The Balaban J connectivity index is 1.38. The molecule has 0 spiro atoms. The van der Waals surface area contributed by atoms with E-state index in [1.165, 1.54) is 57.4 Å². The molecule has 0 aromatic heterocycles. The minimum atomic E-state index is -1.60.